The highest BCUT2D eigenvalue weighted by Crippen LogP contribution is 2.27. The van der Waals surface area contributed by atoms with Crippen LogP contribution in [0.15, 0.2) is 14.3 Å². The number of nitrogens with zero attached hydrogens (tertiary/aromatic N) is 2. The van der Waals surface area contributed by atoms with Crippen molar-refractivity contribution >= 4 is 33.3 Å². The van der Waals surface area contributed by atoms with Gasteiger partial charge >= 0.3 is 6.01 Å². The molecule has 0 radical (unpaired) electrons. The Hall–Kier alpha value is -0.880. The zero-order valence-corrected chi connectivity index (χ0v) is 10.8. The van der Waals surface area contributed by atoms with Gasteiger partial charge < -0.3 is 9.73 Å². The van der Waals surface area contributed by atoms with Gasteiger partial charge in [0, 0.05) is 11.8 Å². The van der Waals surface area contributed by atoms with Crippen LogP contribution in [0.4, 0.5) is 6.01 Å². The van der Waals surface area contributed by atoms with Gasteiger partial charge in [-0.1, -0.05) is 5.10 Å². The van der Waals surface area contributed by atoms with Crippen molar-refractivity contribution in [3.05, 3.63) is 26.2 Å². The van der Waals surface area contributed by atoms with E-state index in [1.54, 1.807) is 18.3 Å². The second-order valence-electron chi connectivity index (χ2n) is 3.15. The third-order valence-electron chi connectivity index (χ3n) is 1.85. The monoisotopic (exact) mass is 287 g/mol. The molecular formula is C9H10BrN3OS. The summed E-state index contributed by atoms with van der Waals surface area (Å²) < 4.78 is 6.37. The zero-order chi connectivity index (χ0) is 10.8. The van der Waals surface area contributed by atoms with E-state index < -0.39 is 0 Å². The molecule has 0 aliphatic carbocycles. The molecule has 0 fully saturated rings. The summed E-state index contributed by atoms with van der Waals surface area (Å²) >= 11 is 5.19. The minimum atomic E-state index is 0.467. The summed E-state index contributed by atoms with van der Waals surface area (Å²) in [6.07, 6.45) is 0. The fraction of sp³-hybridized carbons (Fsp3) is 0.333. The van der Waals surface area contributed by atoms with Crippen LogP contribution < -0.4 is 5.32 Å². The van der Waals surface area contributed by atoms with Gasteiger partial charge in [-0.15, -0.1) is 16.4 Å². The van der Waals surface area contributed by atoms with Crippen molar-refractivity contribution in [1.29, 1.82) is 0 Å². The van der Waals surface area contributed by atoms with Gasteiger partial charge in [0.1, 0.15) is 0 Å². The van der Waals surface area contributed by atoms with Gasteiger partial charge in [0.2, 0.25) is 5.89 Å². The van der Waals surface area contributed by atoms with Crippen LogP contribution in [0.25, 0.3) is 0 Å². The van der Waals surface area contributed by atoms with Crippen molar-refractivity contribution in [3.63, 3.8) is 0 Å². The fourth-order valence-electron chi connectivity index (χ4n) is 1.14. The molecule has 80 valence electrons. The topological polar surface area (TPSA) is 51.0 Å². The van der Waals surface area contributed by atoms with Crippen LogP contribution in [-0.4, -0.2) is 10.2 Å². The molecule has 2 heterocycles. The highest BCUT2D eigenvalue weighted by atomic mass is 79.9. The quantitative estimate of drug-likeness (QED) is 0.942. The first-order valence-electron chi connectivity index (χ1n) is 4.44. The van der Waals surface area contributed by atoms with E-state index in [0.29, 0.717) is 18.5 Å². The minimum absolute atomic E-state index is 0.467. The van der Waals surface area contributed by atoms with E-state index in [4.69, 9.17) is 4.42 Å². The first-order valence-corrected chi connectivity index (χ1v) is 6.05. The molecule has 2 aromatic rings. The van der Waals surface area contributed by atoms with Crippen LogP contribution >= 0.6 is 27.3 Å². The number of aryl methyl sites for hydroxylation is 2. The zero-order valence-electron chi connectivity index (χ0n) is 8.37. The van der Waals surface area contributed by atoms with E-state index in [1.807, 2.05) is 0 Å². The Morgan fingerprint density at radius 3 is 2.80 bits per heavy atom. The third-order valence-corrected chi connectivity index (χ3v) is 3.98. The molecule has 1 N–H and O–H groups in total. The number of thiophene rings is 1. The van der Waals surface area contributed by atoms with Gasteiger partial charge in [0.05, 0.1) is 10.3 Å². The predicted octanol–water partition coefficient (Wildman–Crippen LogP) is 3.12. The van der Waals surface area contributed by atoms with Crippen LogP contribution in [-0.2, 0) is 6.54 Å². The van der Waals surface area contributed by atoms with Crippen molar-refractivity contribution in [2.24, 2.45) is 0 Å². The summed E-state index contributed by atoms with van der Waals surface area (Å²) in [4.78, 5) is 1.23. The second kappa shape index (κ2) is 4.32. The van der Waals surface area contributed by atoms with E-state index in [1.165, 1.54) is 14.2 Å². The lowest BCUT2D eigenvalue weighted by molar-refractivity contribution is 0.531. The van der Waals surface area contributed by atoms with Gasteiger partial charge in [0.25, 0.3) is 0 Å². The number of aromatic nitrogens is 2. The molecule has 0 unspecified atom stereocenters. The van der Waals surface area contributed by atoms with Gasteiger partial charge in [-0.3, -0.25) is 0 Å². The van der Waals surface area contributed by atoms with E-state index in [9.17, 15) is 0 Å². The minimum Gasteiger partial charge on any atom is -0.408 e. The average molecular weight is 288 g/mol. The molecule has 2 rings (SSSR count). The molecule has 0 amide bonds. The largest absolute Gasteiger partial charge is 0.408 e. The van der Waals surface area contributed by atoms with Crippen LogP contribution in [0.1, 0.15) is 16.3 Å². The summed E-state index contributed by atoms with van der Waals surface area (Å²) in [5.41, 5.74) is 1.25. The molecule has 0 aromatic carbocycles. The van der Waals surface area contributed by atoms with Gasteiger partial charge in [0.15, 0.2) is 0 Å². The number of rotatable bonds is 3. The second-order valence-corrected chi connectivity index (χ2v) is 5.60. The van der Waals surface area contributed by atoms with E-state index in [2.05, 4.69) is 44.4 Å². The molecule has 0 saturated carbocycles. The molecule has 15 heavy (non-hydrogen) atoms. The van der Waals surface area contributed by atoms with Crippen LogP contribution in [0.5, 0.6) is 0 Å². The average Bonchev–Trinajstić information content (AvgIpc) is 2.72. The molecule has 0 aliphatic heterocycles. The number of nitrogens with one attached hydrogen (secondary N) is 1. The molecule has 0 spiro atoms. The summed E-state index contributed by atoms with van der Waals surface area (Å²) in [6.45, 7) is 4.55. The lowest BCUT2D eigenvalue weighted by Gasteiger charge is -1.96. The number of hydrogen-bond donors (Lipinski definition) is 1. The summed E-state index contributed by atoms with van der Waals surface area (Å²) in [7, 11) is 0. The number of hydrogen-bond acceptors (Lipinski definition) is 5. The first-order chi connectivity index (χ1) is 7.15. The molecule has 0 atom stereocenters. The standard InChI is InChI=1S/C9H10BrN3OS/c1-5-3-7(15-8(5)10)4-11-9-13-12-6(2)14-9/h3H,4H2,1-2H3,(H,11,13). The Balaban J connectivity index is 1.99. The Morgan fingerprint density at radius 2 is 2.27 bits per heavy atom. The van der Waals surface area contributed by atoms with E-state index in [-0.39, 0.29) is 0 Å². The van der Waals surface area contributed by atoms with Crippen molar-refractivity contribution < 1.29 is 4.42 Å². The third kappa shape index (κ3) is 2.57. The van der Waals surface area contributed by atoms with Crippen molar-refractivity contribution in [1.82, 2.24) is 10.2 Å². The molecule has 0 saturated heterocycles. The highest BCUT2D eigenvalue weighted by molar-refractivity contribution is 9.11. The maximum Gasteiger partial charge on any atom is 0.315 e. The van der Waals surface area contributed by atoms with Crippen LogP contribution in [0.2, 0.25) is 0 Å². The highest BCUT2D eigenvalue weighted by Gasteiger charge is 2.05. The van der Waals surface area contributed by atoms with Gasteiger partial charge in [-0.2, -0.15) is 0 Å². The Morgan fingerprint density at radius 1 is 1.47 bits per heavy atom. The number of anilines is 1. The van der Waals surface area contributed by atoms with Crippen molar-refractivity contribution in [2.75, 3.05) is 5.32 Å². The molecule has 4 nitrogen and oxygen atoms in total. The Labute approximate surface area is 99.8 Å². The Kier molecular flexibility index (Phi) is 3.06. The maximum absolute atomic E-state index is 5.20. The molecular weight excluding hydrogens is 278 g/mol. The van der Waals surface area contributed by atoms with Gasteiger partial charge in [-0.05, 0) is 34.5 Å². The Bertz CT molecular complexity index is 446. The van der Waals surface area contributed by atoms with Crippen molar-refractivity contribution in [3.8, 4) is 0 Å². The number of halogens is 1. The van der Waals surface area contributed by atoms with Crippen LogP contribution in [0, 0.1) is 13.8 Å². The lowest BCUT2D eigenvalue weighted by atomic mass is 10.3. The predicted molar refractivity (Wildman–Crippen MR) is 63.1 cm³/mol. The van der Waals surface area contributed by atoms with Crippen LogP contribution in [0.3, 0.4) is 0 Å². The normalized spacial score (nSPS) is 10.6. The molecule has 6 heteroatoms. The smallest absolute Gasteiger partial charge is 0.315 e. The van der Waals surface area contributed by atoms with E-state index >= 15 is 0 Å². The first kappa shape index (κ1) is 10.6. The van der Waals surface area contributed by atoms with E-state index in [0.717, 1.165) is 0 Å². The molecule has 2 aromatic heterocycles. The van der Waals surface area contributed by atoms with Crippen molar-refractivity contribution in [2.45, 2.75) is 20.4 Å². The fourth-order valence-corrected chi connectivity index (χ4v) is 2.71. The summed E-state index contributed by atoms with van der Waals surface area (Å²) in [5.74, 6) is 0.570. The maximum atomic E-state index is 5.20. The van der Waals surface area contributed by atoms with Gasteiger partial charge in [-0.25, -0.2) is 0 Å². The lowest BCUT2D eigenvalue weighted by Crippen LogP contribution is -1.97. The molecule has 0 bridgehead atoms. The summed E-state index contributed by atoms with van der Waals surface area (Å²) in [5, 5.41) is 10.7. The molecule has 0 aliphatic rings. The summed E-state index contributed by atoms with van der Waals surface area (Å²) in [6, 6.07) is 2.60. The SMILES string of the molecule is Cc1nnc(NCc2cc(C)c(Br)s2)o1.